The summed E-state index contributed by atoms with van der Waals surface area (Å²) in [6.07, 6.45) is 11.6. The summed E-state index contributed by atoms with van der Waals surface area (Å²) in [5, 5.41) is 0. The molecule has 0 aromatic carbocycles. The van der Waals surface area contributed by atoms with Crippen LogP contribution in [0, 0.1) is 0 Å². The van der Waals surface area contributed by atoms with Crippen LogP contribution < -0.4 is 3.97 Å². The van der Waals surface area contributed by atoms with Crippen LogP contribution in [0.2, 0.25) is 0 Å². The van der Waals surface area contributed by atoms with Gasteiger partial charge in [-0.3, -0.25) is 0 Å². The zero-order chi connectivity index (χ0) is 11.8. The Hall–Kier alpha value is -0.760. The highest BCUT2D eigenvalue weighted by atomic mass is 32.2. The van der Waals surface area contributed by atoms with Crippen LogP contribution in [0.1, 0.15) is 45.2 Å². The molecule has 0 bridgehead atoms. The average molecular weight is 236 g/mol. The normalized spacial score (nSPS) is 11.8. The summed E-state index contributed by atoms with van der Waals surface area (Å²) in [7, 11) is 0. The minimum absolute atomic E-state index is 1.19. The molecule has 0 unspecified atom stereocenters. The van der Waals surface area contributed by atoms with Crippen molar-refractivity contribution in [3.8, 4) is 0 Å². The van der Waals surface area contributed by atoms with Gasteiger partial charge in [0.25, 0.3) is 0 Å². The van der Waals surface area contributed by atoms with Gasteiger partial charge < -0.3 is 0 Å². The minimum Gasteiger partial charge on any atom is -0.127 e. The molecule has 1 nitrogen and oxygen atoms in total. The summed E-state index contributed by atoms with van der Waals surface area (Å²) >= 11 is 1.75. The first-order chi connectivity index (χ1) is 7.83. The molecule has 0 atom stereocenters. The summed E-state index contributed by atoms with van der Waals surface area (Å²) in [5.74, 6) is 0. The van der Waals surface area contributed by atoms with Crippen molar-refractivity contribution in [2.45, 2.75) is 39.5 Å². The molecule has 0 aliphatic carbocycles. The van der Waals surface area contributed by atoms with Crippen LogP contribution in [-0.4, -0.2) is 6.26 Å². The van der Waals surface area contributed by atoms with E-state index in [1.165, 1.54) is 37.0 Å². The highest BCUT2D eigenvalue weighted by Crippen LogP contribution is 2.19. The van der Waals surface area contributed by atoms with Crippen LogP contribution in [0.15, 0.2) is 30.5 Å². The van der Waals surface area contributed by atoms with Crippen molar-refractivity contribution >= 4 is 17.5 Å². The summed E-state index contributed by atoms with van der Waals surface area (Å²) in [5.41, 5.74) is 2.80. The van der Waals surface area contributed by atoms with Crippen LogP contribution in [0.4, 0.5) is 0 Å². The first-order valence-corrected chi connectivity index (χ1v) is 7.22. The lowest BCUT2D eigenvalue weighted by Gasteiger charge is -2.04. The molecular formula is C14H22NS+. The monoisotopic (exact) mass is 236 g/mol. The van der Waals surface area contributed by atoms with Gasteiger partial charge in [0.1, 0.15) is 0 Å². The van der Waals surface area contributed by atoms with Gasteiger partial charge in [0.15, 0.2) is 18.1 Å². The van der Waals surface area contributed by atoms with Crippen LogP contribution >= 0.6 is 11.9 Å². The number of hydrogen-bond acceptors (Lipinski definition) is 1. The van der Waals surface area contributed by atoms with Gasteiger partial charge in [-0.05, 0) is 25.8 Å². The fourth-order valence-electron chi connectivity index (χ4n) is 1.82. The molecule has 0 radical (unpaired) electrons. The molecule has 1 aromatic rings. The largest absolute Gasteiger partial charge is 0.221 e. The van der Waals surface area contributed by atoms with Crippen LogP contribution in [0.5, 0.6) is 0 Å². The number of unbranched alkanes of at least 4 members (excludes halogenated alkanes) is 2. The van der Waals surface area contributed by atoms with Gasteiger partial charge in [0.05, 0.1) is 0 Å². The van der Waals surface area contributed by atoms with Crippen molar-refractivity contribution in [2.24, 2.45) is 0 Å². The molecule has 1 aromatic heterocycles. The Balaban J connectivity index is 2.79. The van der Waals surface area contributed by atoms with Crippen molar-refractivity contribution < 1.29 is 3.97 Å². The van der Waals surface area contributed by atoms with E-state index in [4.69, 9.17) is 0 Å². The quantitative estimate of drug-likeness (QED) is 0.531. The van der Waals surface area contributed by atoms with E-state index >= 15 is 0 Å². The number of aromatic nitrogens is 1. The van der Waals surface area contributed by atoms with E-state index in [1.807, 2.05) is 0 Å². The van der Waals surface area contributed by atoms with E-state index in [1.54, 1.807) is 11.9 Å². The Morgan fingerprint density at radius 3 is 2.81 bits per heavy atom. The van der Waals surface area contributed by atoms with Crippen molar-refractivity contribution in [3.05, 3.63) is 36.2 Å². The zero-order valence-electron chi connectivity index (χ0n) is 10.6. The minimum atomic E-state index is 1.19. The standard InChI is InChI=1S/C14H22NS/c1-4-6-7-10-13(5-2)14-11-8-9-12-15(14)16-3/h5,8-9,11-12H,4,6-7,10H2,1-3H3/q+1. The lowest BCUT2D eigenvalue weighted by Crippen LogP contribution is -2.28. The summed E-state index contributed by atoms with van der Waals surface area (Å²) in [6.45, 7) is 4.39. The second-order valence-electron chi connectivity index (χ2n) is 3.87. The SMILES string of the molecule is CC=C(CCCCC)c1cccc[n+]1SC. The van der Waals surface area contributed by atoms with Crippen LogP contribution in [-0.2, 0) is 0 Å². The molecule has 0 aliphatic rings. The van der Waals surface area contributed by atoms with E-state index < -0.39 is 0 Å². The second kappa shape index (κ2) is 7.50. The van der Waals surface area contributed by atoms with Gasteiger partial charge in [0, 0.05) is 24.0 Å². The Labute approximate surface area is 104 Å². The van der Waals surface area contributed by atoms with E-state index in [0.717, 1.165) is 0 Å². The topological polar surface area (TPSA) is 3.88 Å². The van der Waals surface area contributed by atoms with Gasteiger partial charge >= 0.3 is 0 Å². The number of rotatable bonds is 6. The summed E-state index contributed by atoms with van der Waals surface area (Å²) in [4.78, 5) is 0. The fourth-order valence-corrected chi connectivity index (χ4v) is 2.39. The number of nitrogens with zero attached hydrogens (tertiary/aromatic N) is 1. The Bertz CT molecular complexity index is 344. The fraction of sp³-hybridized carbons (Fsp3) is 0.500. The van der Waals surface area contributed by atoms with Gasteiger partial charge in [-0.1, -0.05) is 25.8 Å². The van der Waals surface area contributed by atoms with Crippen molar-refractivity contribution in [3.63, 3.8) is 0 Å². The number of hydrogen-bond donors (Lipinski definition) is 0. The number of pyridine rings is 1. The van der Waals surface area contributed by atoms with Gasteiger partial charge in [-0.15, -0.1) is 3.97 Å². The second-order valence-corrected chi connectivity index (χ2v) is 4.62. The molecule has 0 saturated heterocycles. The maximum absolute atomic E-state index is 2.25. The molecule has 1 rings (SSSR count). The molecule has 88 valence electrons. The van der Waals surface area contributed by atoms with Crippen molar-refractivity contribution in [2.75, 3.05) is 6.26 Å². The van der Waals surface area contributed by atoms with E-state index in [2.05, 4.69) is 54.5 Å². The maximum Gasteiger partial charge on any atom is 0.221 e. The molecule has 0 aliphatic heterocycles. The molecule has 0 N–H and O–H groups in total. The molecule has 16 heavy (non-hydrogen) atoms. The third kappa shape index (κ3) is 3.67. The Kier molecular flexibility index (Phi) is 6.24. The average Bonchev–Trinajstić information content (AvgIpc) is 2.35. The van der Waals surface area contributed by atoms with Crippen LogP contribution in [0.25, 0.3) is 5.57 Å². The van der Waals surface area contributed by atoms with Gasteiger partial charge in [0.2, 0.25) is 5.69 Å². The predicted octanol–water partition coefficient (Wildman–Crippen LogP) is 4.08. The molecule has 2 heteroatoms. The summed E-state index contributed by atoms with van der Waals surface area (Å²) < 4.78 is 2.24. The summed E-state index contributed by atoms with van der Waals surface area (Å²) in [6, 6.07) is 6.41. The molecule has 0 spiro atoms. The van der Waals surface area contributed by atoms with E-state index in [-0.39, 0.29) is 0 Å². The molecule has 1 heterocycles. The Morgan fingerprint density at radius 1 is 1.38 bits per heavy atom. The van der Waals surface area contributed by atoms with Gasteiger partial charge in [-0.2, -0.15) is 0 Å². The van der Waals surface area contributed by atoms with E-state index in [9.17, 15) is 0 Å². The van der Waals surface area contributed by atoms with Gasteiger partial charge in [-0.25, -0.2) is 0 Å². The zero-order valence-corrected chi connectivity index (χ0v) is 11.4. The van der Waals surface area contributed by atoms with E-state index in [0.29, 0.717) is 0 Å². The molecular weight excluding hydrogens is 214 g/mol. The smallest absolute Gasteiger partial charge is 0.127 e. The highest BCUT2D eigenvalue weighted by Gasteiger charge is 2.13. The molecule has 0 amide bonds. The first-order valence-electron chi connectivity index (χ1n) is 6.04. The first kappa shape index (κ1) is 13.3. The van der Waals surface area contributed by atoms with Crippen LogP contribution in [0.3, 0.4) is 0 Å². The predicted molar refractivity (Wildman–Crippen MR) is 73.3 cm³/mol. The van der Waals surface area contributed by atoms with Crippen molar-refractivity contribution in [1.82, 2.24) is 0 Å². The molecule has 0 fully saturated rings. The highest BCUT2D eigenvalue weighted by molar-refractivity contribution is 7.92. The van der Waals surface area contributed by atoms with Crippen molar-refractivity contribution in [1.29, 1.82) is 0 Å². The Morgan fingerprint density at radius 2 is 2.19 bits per heavy atom. The third-order valence-corrected chi connectivity index (χ3v) is 3.46. The lowest BCUT2D eigenvalue weighted by atomic mass is 10.0. The lowest BCUT2D eigenvalue weighted by molar-refractivity contribution is -0.497. The molecule has 0 saturated carbocycles. The maximum atomic E-state index is 2.25. The third-order valence-electron chi connectivity index (χ3n) is 2.75. The number of allylic oxidation sites excluding steroid dienone is 2.